The molecular weight excluding hydrogens is 333 g/mol. The summed E-state index contributed by atoms with van der Waals surface area (Å²) < 4.78 is 0. The molecule has 21 heavy (non-hydrogen) atoms. The molecule has 0 fully saturated rings. The molecule has 0 bridgehead atoms. The minimum Gasteiger partial charge on any atom is -0.358 e. The van der Waals surface area contributed by atoms with Gasteiger partial charge in [-0.1, -0.05) is 47.5 Å². The number of carbonyl (C=O) groups excluding carboxylic acids is 1. The second-order valence-corrected chi connectivity index (χ2v) is 4.90. The molecule has 1 aliphatic rings. The largest absolute Gasteiger partial charge is 0.358 e. The summed E-state index contributed by atoms with van der Waals surface area (Å²) in [5.41, 5.74) is 3.78. The van der Waals surface area contributed by atoms with Crippen LogP contribution in [0.15, 0.2) is 54.6 Å². The van der Waals surface area contributed by atoms with E-state index in [9.17, 15) is 4.79 Å². The van der Waals surface area contributed by atoms with Crippen molar-refractivity contribution in [2.24, 2.45) is 0 Å². The molecule has 0 amide bonds. The van der Waals surface area contributed by atoms with Gasteiger partial charge in [-0.3, -0.25) is 0 Å². The molecular formula is C19H14OY-2. The number of fused-ring (bicyclic) bond motifs is 4. The molecule has 0 heterocycles. The molecule has 1 nitrogen and oxygen atoms in total. The van der Waals surface area contributed by atoms with Gasteiger partial charge >= 0.3 is 0 Å². The third-order valence-corrected chi connectivity index (χ3v) is 3.79. The molecule has 2 heteroatoms. The Balaban J connectivity index is 0.000000807. The fraction of sp³-hybridized carbons (Fsp3) is 0.0526. The fourth-order valence-electron chi connectivity index (χ4n) is 2.89. The molecule has 0 saturated carbocycles. The molecule has 4 rings (SSSR count). The minimum absolute atomic E-state index is 0. The van der Waals surface area contributed by atoms with Gasteiger partial charge in [0.2, 0.25) is 0 Å². The molecule has 0 saturated heterocycles. The van der Waals surface area contributed by atoms with Gasteiger partial charge in [0, 0.05) is 32.7 Å². The van der Waals surface area contributed by atoms with Crippen LogP contribution in [0.25, 0.3) is 10.8 Å². The zero-order valence-electron chi connectivity index (χ0n) is 11.9. The van der Waals surface area contributed by atoms with Crippen LogP contribution in [-0.4, -0.2) is 5.78 Å². The standard InChI is InChI=1S/C18H11O.CH3.Y/c19-18-16-8-4-2-6-13(16)11-14-10-9-12-5-1-3-7-15(12)17(14)18;;/h1-7,9-10H,11H2;1H3;/q2*-1;. The van der Waals surface area contributed by atoms with Crippen molar-refractivity contribution in [3.63, 3.8) is 0 Å². The van der Waals surface area contributed by atoms with Crippen LogP contribution in [0.3, 0.4) is 0 Å². The minimum atomic E-state index is 0. The van der Waals surface area contributed by atoms with Crippen molar-refractivity contribution < 1.29 is 37.5 Å². The Morgan fingerprint density at radius 2 is 1.71 bits per heavy atom. The Morgan fingerprint density at radius 1 is 0.905 bits per heavy atom. The van der Waals surface area contributed by atoms with Crippen LogP contribution in [0.2, 0.25) is 0 Å². The number of hydrogen-bond acceptors (Lipinski definition) is 1. The van der Waals surface area contributed by atoms with Crippen molar-refractivity contribution >= 4 is 16.6 Å². The van der Waals surface area contributed by atoms with Crippen LogP contribution >= 0.6 is 0 Å². The Hall–Kier alpha value is -1.31. The van der Waals surface area contributed by atoms with E-state index < -0.39 is 0 Å². The van der Waals surface area contributed by atoms with E-state index in [1.54, 1.807) is 0 Å². The van der Waals surface area contributed by atoms with Crippen molar-refractivity contribution in [2.45, 2.75) is 6.42 Å². The summed E-state index contributed by atoms with van der Waals surface area (Å²) in [7, 11) is 0. The molecule has 3 aromatic carbocycles. The Kier molecular flexibility index (Phi) is 4.75. The molecule has 0 aliphatic heterocycles. The van der Waals surface area contributed by atoms with Gasteiger partial charge in [-0.2, -0.15) is 0 Å². The van der Waals surface area contributed by atoms with Crippen molar-refractivity contribution in [3.8, 4) is 0 Å². The summed E-state index contributed by atoms with van der Waals surface area (Å²) in [6, 6.07) is 21.1. The zero-order valence-corrected chi connectivity index (χ0v) is 14.7. The van der Waals surface area contributed by atoms with Crippen molar-refractivity contribution in [1.82, 2.24) is 0 Å². The topological polar surface area (TPSA) is 17.1 Å². The average Bonchev–Trinajstić information content (AvgIpc) is 2.47. The molecule has 0 spiro atoms. The van der Waals surface area contributed by atoms with Crippen molar-refractivity contribution in [2.75, 3.05) is 0 Å². The fourth-order valence-corrected chi connectivity index (χ4v) is 2.89. The van der Waals surface area contributed by atoms with Crippen molar-refractivity contribution in [1.29, 1.82) is 0 Å². The average molecular weight is 347 g/mol. The van der Waals surface area contributed by atoms with Gasteiger partial charge in [-0.05, 0) is 22.8 Å². The molecule has 0 atom stereocenters. The van der Waals surface area contributed by atoms with Gasteiger partial charge in [-0.25, -0.2) is 0 Å². The van der Waals surface area contributed by atoms with E-state index in [1.807, 2.05) is 42.5 Å². The van der Waals surface area contributed by atoms with Gasteiger partial charge in [0.05, 0.1) is 0 Å². The summed E-state index contributed by atoms with van der Waals surface area (Å²) in [6.07, 6.45) is 0.818. The number of rotatable bonds is 0. The number of ketones is 1. The monoisotopic (exact) mass is 347 g/mol. The molecule has 101 valence electrons. The van der Waals surface area contributed by atoms with Crippen LogP contribution in [-0.2, 0) is 39.1 Å². The van der Waals surface area contributed by atoms with Crippen LogP contribution in [0.4, 0.5) is 0 Å². The van der Waals surface area contributed by atoms with Crippen molar-refractivity contribution in [3.05, 3.63) is 90.3 Å². The Morgan fingerprint density at radius 3 is 2.57 bits per heavy atom. The third-order valence-electron chi connectivity index (χ3n) is 3.79. The number of hydrogen-bond donors (Lipinski definition) is 0. The van der Waals surface area contributed by atoms with Gasteiger partial charge in [0.15, 0.2) is 0 Å². The summed E-state index contributed by atoms with van der Waals surface area (Å²) in [6.45, 7) is 0. The first-order valence-electron chi connectivity index (χ1n) is 6.39. The van der Waals surface area contributed by atoms with Gasteiger partial charge < -0.3 is 12.2 Å². The van der Waals surface area contributed by atoms with E-state index in [1.165, 1.54) is 0 Å². The van der Waals surface area contributed by atoms with Crippen LogP contribution in [0.5, 0.6) is 0 Å². The maximum absolute atomic E-state index is 12.7. The van der Waals surface area contributed by atoms with E-state index in [-0.39, 0.29) is 45.9 Å². The van der Waals surface area contributed by atoms with Crippen LogP contribution in [0.1, 0.15) is 27.0 Å². The first kappa shape index (κ1) is 16.1. The zero-order chi connectivity index (χ0) is 12.8. The van der Waals surface area contributed by atoms with E-state index >= 15 is 0 Å². The summed E-state index contributed by atoms with van der Waals surface area (Å²) >= 11 is 0. The van der Waals surface area contributed by atoms with Crippen LogP contribution in [0, 0.1) is 13.5 Å². The molecule has 0 unspecified atom stereocenters. The first-order chi connectivity index (χ1) is 9.34. The van der Waals surface area contributed by atoms with Crippen LogP contribution < -0.4 is 0 Å². The number of benzene rings is 3. The SMILES string of the molecule is O=C1c2[c-]cccc2Cc2ccc3ccccc3c21.[CH3-].[Y]. The van der Waals surface area contributed by atoms with E-state index in [2.05, 4.69) is 18.2 Å². The molecule has 1 aliphatic carbocycles. The molecule has 0 aromatic heterocycles. The van der Waals surface area contributed by atoms with Gasteiger partial charge in [0.1, 0.15) is 5.78 Å². The Bertz CT molecular complexity index is 821. The van der Waals surface area contributed by atoms with Gasteiger partial charge in [-0.15, -0.1) is 29.8 Å². The normalized spacial score (nSPS) is 11.9. The summed E-state index contributed by atoms with van der Waals surface area (Å²) in [5, 5.41) is 2.17. The summed E-state index contributed by atoms with van der Waals surface area (Å²) in [4.78, 5) is 12.7. The first-order valence-corrected chi connectivity index (χ1v) is 6.39. The predicted molar refractivity (Wildman–Crippen MR) is 81.9 cm³/mol. The quantitative estimate of drug-likeness (QED) is 0.435. The maximum Gasteiger partial charge on any atom is 0.109 e. The second-order valence-electron chi connectivity index (χ2n) is 4.90. The van der Waals surface area contributed by atoms with E-state index in [0.717, 1.165) is 39.4 Å². The second kappa shape index (κ2) is 6.21. The summed E-state index contributed by atoms with van der Waals surface area (Å²) in [5.74, 6) is 0.105. The molecule has 3 aromatic rings. The molecule has 0 N–H and O–H groups in total. The van der Waals surface area contributed by atoms with E-state index in [0.29, 0.717) is 0 Å². The Labute approximate surface area is 150 Å². The maximum atomic E-state index is 12.7. The van der Waals surface area contributed by atoms with E-state index in [4.69, 9.17) is 0 Å². The number of carbonyl (C=O) groups is 1. The third kappa shape index (κ3) is 2.50. The van der Waals surface area contributed by atoms with Gasteiger partial charge in [0.25, 0.3) is 0 Å². The smallest absolute Gasteiger partial charge is 0.109 e. The predicted octanol–water partition coefficient (Wildman–Crippen LogP) is 4.22. The molecule has 1 radical (unpaired) electrons.